The number of benzene rings is 1. The minimum absolute atomic E-state index is 0.0740. The van der Waals surface area contributed by atoms with Gasteiger partial charge < -0.3 is 20.4 Å². The van der Waals surface area contributed by atoms with E-state index in [-0.39, 0.29) is 17.5 Å². The molecular formula is C15H26N2O2. The maximum Gasteiger partial charge on any atom is 0.124 e. The first-order chi connectivity index (χ1) is 8.91. The molecule has 0 fully saturated rings. The van der Waals surface area contributed by atoms with E-state index in [1.54, 1.807) is 12.1 Å². The Hall–Kier alpha value is -1.26. The van der Waals surface area contributed by atoms with Crippen LogP contribution in [-0.4, -0.2) is 41.3 Å². The summed E-state index contributed by atoms with van der Waals surface area (Å²) < 4.78 is 0. The van der Waals surface area contributed by atoms with Gasteiger partial charge in [0.15, 0.2) is 0 Å². The largest absolute Gasteiger partial charge is 0.508 e. The number of nitrogens with zero attached hydrogens (tertiary/aromatic N) is 1. The number of rotatable bonds is 7. The maximum atomic E-state index is 9.77. The summed E-state index contributed by atoms with van der Waals surface area (Å²) in [5, 5.41) is 22.4. The van der Waals surface area contributed by atoms with Crippen LogP contribution in [0.4, 0.5) is 0 Å². The molecule has 1 atom stereocenters. The SMILES string of the molecule is CC(NCCCN(C)C(C)C)c1ccc(O)cc1O. The standard InChI is InChI=1S/C15H26N2O2/c1-11(2)17(4)9-5-8-16-12(3)14-7-6-13(18)10-15(14)19/h6-7,10-12,16,18-19H,5,8-9H2,1-4H3. The molecule has 0 bridgehead atoms. The van der Waals surface area contributed by atoms with E-state index in [1.165, 1.54) is 6.07 Å². The second-order valence-corrected chi connectivity index (χ2v) is 5.35. The van der Waals surface area contributed by atoms with Crippen LogP contribution in [0.5, 0.6) is 11.5 Å². The van der Waals surface area contributed by atoms with E-state index in [1.807, 2.05) is 6.92 Å². The van der Waals surface area contributed by atoms with Crippen molar-refractivity contribution in [1.82, 2.24) is 10.2 Å². The topological polar surface area (TPSA) is 55.7 Å². The zero-order valence-electron chi connectivity index (χ0n) is 12.3. The summed E-state index contributed by atoms with van der Waals surface area (Å²) in [6.45, 7) is 8.34. The number of hydrogen-bond acceptors (Lipinski definition) is 4. The molecule has 0 aliphatic heterocycles. The van der Waals surface area contributed by atoms with Crippen molar-refractivity contribution in [3.05, 3.63) is 23.8 Å². The molecule has 0 aliphatic carbocycles. The highest BCUT2D eigenvalue weighted by atomic mass is 16.3. The molecule has 19 heavy (non-hydrogen) atoms. The van der Waals surface area contributed by atoms with Crippen LogP contribution in [0.15, 0.2) is 18.2 Å². The van der Waals surface area contributed by atoms with Gasteiger partial charge in [-0.25, -0.2) is 0 Å². The van der Waals surface area contributed by atoms with Gasteiger partial charge in [0.1, 0.15) is 11.5 Å². The van der Waals surface area contributed by atoms with Gasteiger partial charge in [-0.05, 0) is 53.4 Å². The second kappa shape index (κ2) is 7.36. The third kappa shape index (κ3) is 5.09. The lowest BCUT2D eigenvalue weighted by Crippen LogP contribution is -2.30. The lowest BCUT2D eigenvalue weighted by Gasteiger charge is -2.21. The quantitative estimate of drug-likeness (QED) is 0.664. The Kier molecular flexibility index (Phi) is 6.12. The van der Waals surface area contributed by atoms with Gasteiger partial charge in [-0.2, -0.15) is 0 Å². The molecule has 4 heteroatoms. The third-order valence-corrected chi connectivity index (χ3v) is 3.50. The number of phenols is 2. The first-order valence-electron chi connectivity index (χ1n) is 6.87. The van der Waals surface area contributed by atoms with E-state index in [9.17, 15) is 10.2 Å². The molecule has 1 rings (SSSR count). The zero-order chi connectivity index (χ0) is 14.4. The number of nitrogens with one attached hydrogen (secondary N) is 1. The van der Waals surface area contributed by atoms with Crippen LogP contribution in [-0.2, 0) is 0 Å². The maximum absolute atomic E-state index is 9.77. The second-order valence-electron chi connectivity index (χ2n) is 5.35. The van der Waals surface area contributed by atoms with Gasteiger partial charge >= 0.3 is 0 Å². The molecule has 1 unspecified atom stereocenters. The summed E-state index contributed by atoms with van der Waals surface area (Å²) in [6.07, 6.45) is 1.07. The zero-order valence-corrected chi connectivity index (χ0v) is 12.3. The van der Waals surface area contributed by atoms with Crippen molar-refractivity contribution in [3.63, 3.8) is 0 Å². The lowest BCUT2D eigenvalue weighted by molar-refractivity contribution is 0.268. The summed E-state index contributed by atoms with van der Waals surface area (Å²) in [5.74, 6) is 0.228. The molecule has 0 spiro atoms. The molecule has 0 saturated heterocycles. The lowest BCUT2D eigenvalue weighted by atomic mass is 10.1. The molecule has 0 amide bonds. The molecule has 1 aromatic carbocycles. The fraction of sp³-hybridized carbons (Fsp3) is 0.600. The Balaban J connectivity index is 2.37. The van der Waals surface area contributed by atoms with Gasteiger partial charge in [0, 0.05) is 23.7 Å². The van der Waals surface area contributed by atoms with Crippen molar-refractivity contribution in [3.8, 4) is 11.5 Å². The van der Waals surface area contributed by atoms with E-state index in [2.05, 4.69) is 31.1 Å². The van der Waals surface area contributed by atoms with Crippen molar-refractivity contribution < 1.29 is 10.2 Å². The number of aromatic hydroxyl groups is 2. The van der Waals surface area contributed by atoms with E-state index in [0.29, 0.717) is 6.04 Å². The predicted octanol–water partition coefficient (Wildman–Crippen LogP) is 2.48. The van der Waals surface area contributed by atoms with Gasteiger partial charge in [0.2, 0.25) is 0 Å². The van der Waals surface area contributed by atoms with Crippen LogP contribution in [0, 0.1) is 0 Å². The molecule has 4 nitrogen and oxygen atoms in total. The van der Waals surface area contributed by atoms with Crippen molar-refractivity contribution in [2.45, 2.75) is 39.3 Å². The molecule has 0 radical (unpaired) electrons. The predicted molar refractivity (Wildman–Crippen MR) is 78.6 cm³/mol. The van der Waals surface area contributed by atoms with E-state index in [0.717, 1.165) is 25.1 Å². The summed E-state index contributed by atoms with van der Waals surface area (Å²) >= 11 is 0. The summed E-state index contributed by atoms with van der Waals surface area (Å²) in [5.41, 5.74) is 0.815. The fourth-order valence-corrected chi connectivity index (χ4v) is 1.91. The first-order valence-corrected chi connectivity index (χ1v) is 6.87. The van der Waals surface area contributed by atoms with Crippen LogP contribution < -0.4 is 5.32 Å². The van der Waals surface area contributed by atoms with Gasteiger partial charge in [-0.15, -0.1) is 0 Å². The van der Waals surface area contributed by atoms with Crippen LogP contribution in [0.3, 0.4) is 0 Å². The van der Waals surface area contributed by atoms with Crippen LogP contribution in [0.1, 0.15) is 38.8 Å². The first kappa shape index (κ1) is 15.8. The van der Waals surface area contributed by atoms with Crippen molar-refractivity contribution in [1.29, 1.82) is 0 Å². The Morgan fingerprint density at radius 2 is 1.89 bits per heavy atom. The summed E-state index contributed by atoms with van der Waals surface area (Å²) in [7, 11) is 2.12. The molecule has 0 aliphatic rings. The summed E-state index contributed by atoms with van der Waals surface area (Å²) in [6, 6.07) is 5.37. The molecule has 0 heterocycles. The van der Waals surface area contributed by atoms with Gasteiger partial charge in [-0.1, -0.05) is 6.07 Å². The minimum atomic E-state index is 0.0740. The summed E-state index contributed by atoms with van der Waals surface area (Å²) in [4.78, 5) is 2.31. The van der Waals surface area contributed by atoms with E-state index < -0.39 is 0 Å². The number of hydrogen-bond donors (Lipinski definition) is 3. The van der Waals surface area contributed by atoms with Crippen LogP contribution >= 0.6 is 0 Å². The normalized spacial score (nSPS) is 13.2. The monoisotopic (exact) mass is 266 g/mol. The van der Waals surface area contributed by atoms with Crippen molar-refractivity contribution in [2.24, 2.45) is 0 Å². The average Bonchev–Trinajstić information content (AvgIpc) is 2.33. The van der Waals surface area contributed by atoms with Gasteiger partial charge in [-0.3, -0.25) is 0 Å². The molecule has 0 aromatic heterocycles. The van der Waals surface area contributed by atoms with Gasteiger partial charge in [0.25, 0.3) is 0 Å². The average molecular weight is 266 g/mol. The minimum Gasteiger partial charge on any atom is -0.508 e. The van der Waals surface area contributed by atoms with Crippen LogP contribution in [0.2, 0.25) is 0 Å². The van der Waals surface area contributed by atoms with Gasteiger partial charge in [0.05, 0.1) is 0 Å². The Morgan fingerprint density at radius 1 is 1.21 bits per heavy atom. The number of phenolic OH excluding ortho intramolecular Hbond substituents is 2. The highest BCUT2D eigenvalue weighted by molar-refractivity contribution is 5.40. The highest BCUT2D eigenvalue weighted by Gasteiger charge is 2.10. The smallest absolute Gasteiger partial charge is 0.124 e. The Bertz CT molecular complexity index is 394. The molecule has 0 saturated carbocycles. The van der Waals surface area contributed by atoms with Crippen molar-refractivity contribution in [2.75, 3.05) is 20.1 Å². The molecular weight excluding hydrogens is 240 g/mol. The van der Waals surface area contributed by atoms with Crippen LogP contribution in [0.25, 0.3) is 0 Å². The molecule has 3 N–H and O–H groups in total. The molecule has 1 aromatic rings. The Morgan fingerprint density at radius 3 is 2.47 bits per heavy atom. The van der Waals surface area contributed by atoms with Crippen molar-refractivity contribution >= 4 is 0 Å². The van der Waals surface area contributed by atoms with E-state index in [4.69, 9.17) is 0 Å². The third-order valence-electron chi connectivity index (χ3n) is 3.50. The van der Waals surface area contributed by atoms with E-state index >= 15 is 0 Å². The molecule has 108 valence electrons. The Labute approximate surface area is 116 Å². The highest BCUT2D eigenvalue weighted by Crippen LogP contribution is 2.27. The fourth-order valence-electron chi connectivity index (χ4n) is 1.91.